The molecule has 1 heterocycles. The van der Waals surface area contributed by atoms with Gasteiger partial charge in [-0.15, -0.1) is 0 Å². The molecule has 5 amide bonds. The summed E-state index contributed by atoms with van der Waals surface area (Å²) in [6.07, 6.45) is 0.801. The molecular weight excluding hydrogens is 634 g/mol. The Labute approximate surface area is 289 Å². The summed E-state index contributed by atoms with van der Waals surface area (Å²) in [6.45, 7) is 1.44. The van der Waals surface area contributed by atoms with Crippen LogP contribution in [0, 0.1) is 0 Å². The number of benzene rings is 4. The number of hydrogen-bond acceptors (Lipinski definition) is 6. The van der Waals surface area contributed by atoms with Crippen LogP contribution in [-0.4, -0.2) is 57.7 Å². The van der Waals surface area contributed by atoms with Gasteiger partial charge in [0.1, 0.15) is 24.7 Å². The van der Waals surface area contributed by atoms with Crippen LogP contribution in [0.2, 0.25) is 0 Å². The number of hydrogen-bond donors (Lipinski definition) is 4. The van der Waals surface area contributed by atoms with Crippen LogP contribution in [0.15, 0.2) is 121 Å². The Morgan fingerprint density at radius 3 is 1.96 bits per heavy atom. The molecule has 5 N–H and O–H groups in total. The molecule has 5 rings (SSSR count). The number of ether oxygens (including phenoxy) is 1. The maximum Gasteiger partial charge on any atom is 0.408 e. The highest BCUT2D eigenvalue weighted by Crippen LogP contribution is 2.21. The van der Waals surface area contributed by atoms with Gasteiger partial charge in [0.15, 0.2) is 5.78 Å². The highest BCUT2D eigenvalue weighted by molar-refractivity contribution is 6.04. The zero-order valence-corrected chi connectivity index (χ0v) is 27.6. The Morgan fingerprint density at radius 1 is 0.740 bits per heavy atom. The number of urea groups is 1. The van der Waals surface area contributed by atoms with Gasteiger partial charge in [-0.25, -0.2) is 9.59 Å². The van der Waals surface area contributed by atoms with E-state index in [9.17, 15) is 24.0 Å². The third-order valence-electron chi connectivity index (χ3n) is 8.31. The average molecular weight is 674 g/mol. The van der Waals surface area contributed by atoms with E-state index in [0.29, 0.717) is 16.7 Å². The van der Waals surface area contributed by atoms with E-state index in [-0.39, 0.29) is 25.9 Å². The lowest BCUT2D eigenvalue weighted by Crippen LogP contribution is -2.60. The fraction of sp³-hybridized carbons (Fsp3) is 0.205. The van der Waals surface area contributed by atoms with E-state index < -0.39 is 47.8 Å². The number of carbonyl (C=O) groups excluding carboxylic acids is 5. The number of ketones is 1. The molecule has 0 fully saturated rings. The summed E-state index contributed by atoms with van der Waals surface area (Å²) in [5, 5.41) is 6.00. The fourth-order valence-electron chi connectivity index (χ4n) is 5.71. The van der Waals surface area contributed by atoms with Crippen molar-refractivity contribution in [3.63, 3.8) is 0 Å². The monoisotopic (exact) mass is 673 g/mol. The molecule has 0 aliphatic carbocycles. The van der Waals surface area contributed by atoms with Crippen molar-refractivity contribution in [3.8, 4) is 0 Å². The number of fused-ring (bicyclic) bond motifs is 1. The van der Waals surface area contributed by atoms with Crippen LogP contribution in [-0.2, 0) is 45.0 Å². The number of imide groups is 1. The highest BCUT2D eigenvalue weighted by Gasteiger charge is 2.38. The summed E-state index contributed by atoms with van der Waals surface area (Å²) >= 11 is 0. The van der Waals surface area contributed by atoms with Crippen molar-refractivity contribution in [2.45, 2.75) is 50.9 Å². The number of nitrogens with two attached hydrogens (primary N) is 1. The zero-order chi connectivity index (χ0) is 35.5. The first-order chi connectivity index (χ1) is 24.2. The Hall–Kier alpha value is -6.23. The molecule has 11 nitrogen and oxygen atoms in total. The summed E-state index contributed by atoms with van der Waals surface area (Å²) in [6, 6.07) is 29.6. The summed E-state index contributed by atoms with van der Waals surface area (Å²) in [5.41, 5.74) is 9.56. The number of alkyl carbamates (subject to hydrolysis) is 1. The van der Waals surface area contributed by atoms with Gasteiger partial charge in [0.25, 0.3) is 5.91 Å². The Morgan fingerprint density at radius 2 is 1.32 bits per heavy atom. The minimum absolute atomic E-state index is 0.00390. The van der Waals surface area contributed by atoms with E-state index in [1.54, 1.807) is 66.9 Å². The number of aromatic amines is 1. The van der Waals surface area contributed by atoms with Gasteiger partial charge in [0.05, 0.1) is 0 Å². The van der Waals surface area contributed by atoms with Gasteiger partial charge in [-0.3, -0.25) is 19.3 Å². The van der Waals surface area contributed by atoms with Crippen LogP contribution in [0.3, 0.4) is 0 Å². The number of Topliss-reactive ketones (excluding diaryl/α,β-unsaturated/α-hetero) is 1. The summed E-state index contributed by atoms with van der Waals surface area (Å²) in [7, 11) is 0. The lowest BCUT2D eigenvalue weighted by Gasteiger charge is -2.32. The number of para-hydroxylation sites is 1. The molecule has 256 valence electrons. The lowest BCUT2D eigenvalue weighted by atomic mass is 9.95. The van der Waals surface area contributed by atoms with Gasteiger partial charge in [0.2, 0.25) is 5.91 Å². The van der Waals surface area contributed by atoms with Crippen LogP contribution >= 0.6 is 0 Å². The number of nitrogens with zero attached hydrogens (tertiary/aromatic N) is 1. The maximum absolute atomic E-state index is 14.5. The molecule has 50 heavy (non-hydrogen) atoms. The average Bonchev–Trinajstić information content (AvgIpc) is 3.53. The predicted octanol–water partition coefficient (Wildman–Crippen LogP) is 4.84. The van der Waals surface area contributed by atoms with Crippen molar-refractivity contribution in [3.05, 3.63) is 144 Å². The standard InChI is InChI=1S/C39H39N5O6/c1-26(42-39(49)50-25-29-17-9-4-10-18-29)36(46)43-33(23-30-24-41-32-20-12-11-19-31(30)32)37(47)44(38(40)48)34(21-27-13-5-2-6-14-27)35(45)22-28-15-7-3-8-16-28/h2-20,24,26,33-34,41H,21-23,25H2,1H3,(H2,40,48)(H,42,49)(H,43,46)/t26-,33-,34-/m0/s1. The number of carbonyl (C=O) groups is 5. The van der Waals surface area contributed by atoms with Crippen molar-refractivity contribution >= 4 is 40.6 Å². The highest BCUT2D eigenvalue weighted by atomic mass is 16.5. The fourth-order valence-corrected chi connectivity index (χ4v) is 5.71. The molecule has 11 heteroatoms. The van der Waals surface area contributed by atoms with Crippen molar-refractivity contribution < 1.29 is 28.7 Å². The molecule has 5 aromatic rings. The van der Waals surface area contributed by atoms with Crippen LogP contribution in [0.5, 0.6) is 0 Å². The molecular formula is C39H39N5O6. The van der Waals surface area contributed by atoms with Gasteiger partial charge < -0.3 is 26.1 Å². The second kappa shape index (κ2) is 16.7. The molecule has 0 saturated carbocycles. The number of nitrogens with one attached hydrogen (secondary N) is 3. The third-order valence-corrected chi connectivity index (χ3v) is 8.31. The summed E-state index contributed by atoms with van der Waals surface area (Å²) < 4.78 is 5.26. The van der Waals surface area contributed by atoms with Crippen molar-refractivity contribution in [2.75, 3.05) is 0 Å². The predicted molar refractivity (Wildman–Crippen MR) is 189 cm³/mol. The van der Waals surface area contributed by atoms with Crippen LogP contribution < -0.4 is 16.4 Å². The molecule has 1 aromatic heterocycles. The SMILES string of the molecule is C[C@H](NC(=O)OCc1ccccc1)C(=O)N[C@@H](Cc1c[nH]c2ccccc12)C(=O)N(C(N)=O)[C@@H](Cc1ccccc1)C(=O)Cc1ccccc1. The van der Waals surface area contributed by atoms with Gasteiger partial charge >= 0.3 is 12.1 Å². The minimum atomic E-state index is -1.35. The first kappa shape index (κ1) is 35.1. The maximum atomic E-state index is 14.5. The largest absolute Gasteiger partial charge is 0.445 e. The number of H-pyrrole nitrogens is 1. The van der Waals surface area contributed by atoms with E-state index in [4.69, 9.17) is 10.5 Å². The molecule has 0 bridgehead atoms. The van der Waals surface area contributed by atoms with E-state index in [1.165, 1.54) is 6.92 Å². The second-order valence-electron chi connectivity index (χ2n) is 11.9. The number of aromatic nitrogens is 1. The first-order valence-electron chi connectivity index (χ1n) is 16.2. The smallest absolute Gasteiger partial charge is 0.408 e. The van der Waals surface area contributed by atoms with Gasteiger partial charge in [0, 0.05) is 36.4 Å². The van der Waals surface area contributed by atoms with Crippen LogP contribution in [0.25, 0.3) is 10.9 Å². The van der Waals surface area contributed by atoms with Crippen molar-refractivity contribution in [1.82, 2.24) is 20.5 Å². The number of rotatable bonds is 14. The molecule has 0 saturated heterocycles. The molecule has 0 aliphatic rings. The van der Waals surface area contributed by atoms with E-state index >= 15 is 0 Å². The number of primary amides is 1. The summed E-state index contributed by atoms with van der Waals surface area (Å²) in [4.78, 5) is 71.6. The van der Waals surface area contributed by atoms with Gasteiger partial charge in [-0.1, -0.05) is 109 Å². The van der Waals surface area contributed by atoms with E-state index in [1.807, 2.05) is 54.6 Å². The lowest BCUT2D eigenvalue weighted by molar-refractivity contribution is -0.139. The first-order valence-corrected chi connectivity index (χ1v) is 16.2. The Balaban J connectivity index is 1.42. The quantitative estimate of drug-likeness (QED) is 0.132. The molecule has 0 unspecified atom stereocenters. The normalized spacial score (nSPS) is 12.7. The molecule has 0 spiro atoms. The zero-order valence-electron chi connectivity index (χ0n) is 27.6. The second-order valence-corrected chi connectivity index (χ2v) is 11.9. The van der Waals surface area contributed by atoms with E-state index in [0.717, 1.165) is 21.4 Å². The number of amides is 5. The summed E-state index contributed by atoms with van der Waals surface area (Å²) in [5.74, 6) is -1.97. The molecule has 3 atom stereocenters. The van der Waals surface area contributed by atoms with Gasteiger partial charge in [-0.05, 0) is 35.2 Å². The van der Waals surface area contributed by atoms with Crippen LogP contribution in [0.1, 0.15) is 29.2 Å². The molecule has 0 aliphatic heterocycles. The topological polar surface area (TPSA) is 164 Å². The van der Waals surface area contributed by atoms with E-state index in [2.05, 4.69) is 15.6 Å². The third kappa shape index (κ3) is 9.22. The Kier molecular flexibility index (Phi) is 11.7. The minimum Gasteiger partial charge on any atom is -0.445 e. The van der Waals surface area contributed by atoms with Crippen molar-refractivity contribution in [2.24, 2.45) is 5.73 Å². The Bertz CT molecular complexity index is 1930. The van der Waals surface area contributed by atoms with Crippen molar-refractivity contribution in [1.29, 1.82) is 0 Å². The molecule has 4 aromatic carbocycles. The van der Waals surface area contributed by atoms with Gasteiger partial charge in [-0.2, -0.15) is 0 Å². The van der Waals surface area contributed by atoms with Crippen LogP contribution in [0.4, 0.5) is 9.59 Å². The molecule has 0 radical (unpaired) electrons.